The molecule has 0 spiro atoms. The molecule has 0 saturated heterocycles. The predicted molar refractivity (Wildman–Crippen MR) is 125 cm³/mol. The summed E-state index contributed by atoms with van der Waals surface area (Å²) in [6.07, 6.45) is 4.83. The Morgan fingerprint density at radius 1 is 1.22 bits per heavy atom. The Balaban J connectivity index is 2.27. The van der Waals surface area contributed by atoms with Gasteiger partial charge < -0.3 is 14.9 Å². The van der Waals surface area contributed by atoms with Crippen LogP contribution in [0.4, 0.5) is 0 Å². The van der Waals surface area contributed by atoms with Crippen molar-refractivity contribution >= 4 is 11.6 Å². The number of Topliss-reactive ketones (excluding diaryl/α,β-unsaturated/α-hetero) is 2. The van der Waals surface area contributed by atoms with Gasteiger partial charge in [0.05, 0.1) is 11.0 Å². The highest BCUT2D eigenvalue weighted by atomic mass is 16.5. The maximum atomic E-state index is 13.9. The first kappa shape index (κ1) is 24.8. The first-order valence-electron chi connectivity index (χ1n) is 12.0. The monoisotopic (exact) mass is 444 g/mol. The Kier molecular flexibility index (Phi) is 6.31. The zero-order valence-electron chi connectivity index (χ0n) is 21.0. The van der Waals surface area contributed by atoms with Crippen molar-refractivity contribution in [3.05, 3.63) is 34.3 Å². The predicted octanol–water partition coefficient (Wildman–Crippen LogP) is 5.59. The highest BCUT2D eigenvalue weighted by Crippen LogP contribution is 2.57. The van der Waals surface area contributed by atoms with Crippen LogP contribution >= 0.6 is 0 Å². The van der Waals surface area contributed by atoms with Gasteiger partial charge in [0.2, 0.25) is 0 Å². The molecular weight excluding hydrogens is 404 g/mol. The highest BCUT2D eigenvalue weighted by Gasteiger charge is 2.58. The summed E-state index contributed by atoms with van der Waals surface area (Å²) in [7, 11) is 0. The van der Waals surface area contributed by atoms with E-state index in [4.69, 9.17) is 4.74 Å². The van der Waals surface area contributed by atoms with Crippen LogP contribution in [0, 0.1) is 23.2 Å². The lowest BCUT2D eigenvalue weighted by atomic mass is 9.68. The molecule has 178 valence electrons. The van der Waals surface area contributed by atoms with Crippen molar-refractivity contribution in [2.75, 3.05) is 0 Å². The van der Waals surface area contributed by atoms with Crippen molar-refractivity contribution in [1.29, 1.82) is 0 Å². The summed E-state index contributed by atoms with van der Waals surface area (Å²) in [4.78, 5) is 27.1. The standard InChI is InChI=1S/C27H40O5/c1-9-16(4)21(28)20-22(29)17-14-19-18(11-13-27(19,8)31)25(5,6)32-24(17)26(7,23(20)30)12-10-15(2)3/h10,16,18-19,29,31H,9,11-14H2,1-8H3/t16?,18?,19-,26+,27+/m0/s1. The number of aliphatic hydroxyl groups is 2. The van der Waals surface area contributed by atoms with Crippen LogP contribution < -0.4 is 0 Å². The molecule has 1 fully saturated rings. The number of allylic oxidation sites excluding steroid dienone is 5. The molecule has 2 unspecified atom stereocenters. The second kappa shape index (κ2) is 8.16. The lowest BCUT2D eigenvalue weighted by molar-refractivity contribution is -0.131. The lowest BCUT2D eigenvalue weighted by Gasteiger charge is -2.41. The molecule has 2 N–H and O–H groups in total. The summed E-state index contributed by atoms with van der Waals surface area (Å²) < 4.78 is 6.63. The Hall–Kier alpha value is -1.88. The van der Waals surface area contributed by atoms with Crippen LogP contribution in [-0.4, -0.2) is 33.0 Å². The number of carbonyl (C=O) groups is 2. The third-order valence-corrected chi connectivity index (χ3v) is 8.18. The molecule has 0 radical (unpaired) electrons. The van der Waals surface area contributed by atoms with Crippen molar-refractivity contribution < 1.29 is 24.5 Å². The average molecular weight is 445 g/mol. The molecule has 1 saturated carbocycles. The van der Waals surface area contributed by atoms with Gasteiger partial charge in [-0.05, 0) is 79.6 Å². The van der Waals surface area contributed by atoms with Gasteiger partial charge in [-0.25, -0.2) is 0 Å². The van der Waals surface area contributed by atoms with Crippen LogP contribution in [0.3, 0.4) is 0 Å². The maximum absolute atomic E-state index is 13.9. The van der Waals surface area contributed by atoms with Gasteiger partial charge >= 0.3 is 0 Å². The van der Waals surface area contributed by atoms with E-state index in [1.807, 2.05) is 54.5 Å². The molecule has 0 amide bonds. The molecule has 3 aliphatic rings. The van der Waals surface area contributed by atoms with Crippen LogP contribution in [0.5, 0.6) is 0 Å². The molecule has 2 aliphatic carbocycles. The van der Waals surface area contributed by atoms with E-state index in [-0.39, 0.29) is 40.7 Å². The first-order valence-corrected chi connectivity index (χ1v) is 12.0. The zero-order valence-corrected chi connectivity index (χ0v) is 21.0. The molecule has 0 aromatic heterocycles. The molecule has 3 rings (SSSR count). The third-order valence-electron chi connectivity index (χ3n) is 8.18. The minimum Gasteiger partial charge on any atom is -0.507 e. The maximum Gasteiger partial charge on any atom is 0.183 e. The second-order valence-corrected chi connectivity index (χ2v) is 11.4. The van der Waals surface area contributed by atoms with Crippen molar-refractivity contribution in [2.45, 2.75) is 98.7 Å². The number of fused-ring (bicyclic) bond motifs is 1. The Morgan fingerprint density at radius 3 is 2.41 bits per heavy atom. The van der Waals surface area contributed by atoms with E-state index in [0.717, 1.165) is 12.0 Å². The lowest BCUT2D eigenvalue weighted by Crippen LogP contribution is -2.43. The van der Waals surface area contributed by atoms with Gasteiger partial charge in [-0.15, -0.1) is 0 Å². The van der Waals surface area contributed by atoms with Crippen molar-refractivity contribution in [2.24, 2.45) is 23.2 Å². The van der Waals surface area contributed by atoms with E-state index < -0.39 is 16.6 Å². The van der Waals surface area contributed by atoms with Gasteiger partial charge in [0.25, 0.3) is 0 Å². The smallest absolute Gasteiger partial charge is 0.183 e. The van der Waals surface area contributed by atoms with Crippen molar-refractivity contribution in [3.63, 3.8) is 0 Å². The van der Waals surface area contributed by atoms with Gasteiger partial charge in [-0.2, -0.15) is 0 Å². The normalized spacial score (nSPS) is 35.0. The van der Waals surface area contributed by atoms with Crippen LogP contribution in [0.25, 0.3) is 0 Å². The fourth-order valence-corrected chi connectivity index (χ4v) is 5.72. The molecule has 1 heterocycles. The fourth-order valence-electron chi connectivity index (χ4n) is 5.72. The van der Waals surface area contributed by atoms with Gasteiger partial charge in [0.15, 0.2) is 11.6 Å². The van der Waals surface area contributed by atoms with Gasteiger partial charge in [0.1, 0.15) is 22.7 Å². The molecule has 5 nitrogen and oxygen atoms in total. The fraction of sp³-hybridized carbons (Fsp3) is 0.704. The van der Waals surface area contributed by atoms with Crippen LogP contribution in [-0.2, 0) is 14.3 Å². The average Bonchev–Trinajstić information content (AvgIpc) is 2.94. The van der Waals surface area contributed by atoms with Crippen molar-refractivity contribution in [3.8, 4) is 0 Å². The summed E-state index contributed by atoms with van der Waals surface area (Å²) in [5, 5.41) is 22.5. The van der Waals surface area contributed by atoms with Crippen LogP contribution in [0.2, 0.25) is 0 Å². The molecule has 1 aliphatic heterocycles. The van der Waals surface area contributed by atoms with Crippen LogP contribution in [0.1, 0.15) is 87.5 Å². The van der Waals surface area contributed by atoms with E-state index in [1.165, 1.54) is 0 Å². The number of hydrogen-bond acceptors (Lipinski definition) is 5. The second-order valence-electron chi connectivity index (χ2n) is 11.4. The molecular formula is C27H40O5. The zero-order chi connectivity index (χ0) is 24.2. The summed E-state index contributed by atoms with van der Waals surface area (Å²) in [6.45, 7) is 15.3. The molecule has 0 bridgehead atoms. The summed E-state index contributed by atoms with van der Waals surface area (Å²) in [5.74, 6) is -0.885. The van der Waals surface area contributed by atoms with Gasteiger partial charge in [-0.3, -0.25) is 9.59 Å². The van der Waals surface area contributed by atoms with E-state index in [9.17, 15) is 19.8 Å². The van der Waals surface area contributed by atoms with E-state index in [0.29, 0.717) is 37.0 Å². The summed E-state index contributed by atoms with van der Waals surface area (Å²) >= 11 is 0. The number of aliphatic hydroxyl groups excluding tert-OH is 1. The summed E-state index contributed by atoms with van der Waals surface area (Å²) in [5.41, 5.74) is -1.11. The third kappa shape index (κ3) is 3.87. The first-order chi connectivity index (χ1) is 14.7. The molecule has 5 atom stereocenters. The van der Waals surface area contributed by atoms with Gasteiger partial charge in [0, 0.05) is 17.4 Å². The molecule has 0 aromatic rings. The Morgan fingerprint density at radius 2 is 1.84 bits per heavy atom. The van der Waals surface area contributed by atoms with Crippen molar-refractivity contribution in [1.82, 2.24) is 0 Å². The molecule has 32 heavy (non-hydrogen) atoms. The Labute approximate surface area is 192 Å². The molecule has 0 aromatic carbocycles. The Bertz CT molecular complexity index is 912. The van der Waals surface area contributed by atoms with E-state index in [2.05, 4.69) is 0 Å². The minimum atomic E-state index is -1.08. The number of ketones is 2. The SMILES string of the molecule is CCC(C)C(=O)C1=C(O)C2=C(OC(C)(C)C3CC[C@@](C)(O)[C@H]3C2)[C@](C)(CC=C(C)C)C1=O. The quantitative estimate of drug-likeness (QED) is 0.427. The minimum absolute atomic E-state index is 0.0763. The highest BCUT2D eigenvalue weighted by molar-refractivity contribution is 6.24. The van der Waals surface area contributed by atoms with E-state index >= 15 is 0 Å². The summed E-state index contributed by atoms with van der Waals surface area (Å²) in [6, 6.07) is 0. The largest absolute Gasteiger partial charge is 0.507 e. The number of hydrogen-bond donors (Lipinski definition) is 2. The van der Waals surface area contributed by atoms with E-state index in [1.54, 1.807) is 6.92 Å². The van der Waals surface area contributed by atoms with Gasteiger partial charge in [-0.1, -0.05) is 25.5 Å². The number of carbonyl (C=O) groups excluding carboxylic acids is 2. The molecule has 5 heteroatoms. The van der Waals surface area contributed by atoms with Crippen LogP contribution in [0.15, 0.2) is 34.3 Å². The topological polar surface area (TPSA) is 83.8 Å². The number of rotatable bonds is 5. The number of ether oxygens (including phenoxy) is 1.